The predicted molar refractivity (Wildman–Crippen MR) is 83.4 cm³/mol. The Labute approximate surface area is 131 Å². The second kappa shape index (κ2) is 7.84. The van der Waals surface area contributed by atoms with Crippen LogP contribution in [0.3, 0.4) is 0 Å². The number of methoxy groups -OCH3 is 2. The van der Waals surface area contributed by atoms with Gasteiger partial charge in [-0.2, -0.15) is 0 Å². The van der Waals surface area contributed by atoms with Gasteiger partial charge in [-0.3, -0.25) is 9.80 Å². The summed E-state index contributed by atoms with van der Waals surface area (Å²) in [5.74, 6) is 1.24. The fraction of sp³-hybridized carbons (Fsp3) is 0.600. The maximum absolute atomic E-state index is 8.96. The summed E-state index contributed by atoms with van der Waals surface area (Å²) in [4.78, 5) is 4.63. The lowest BCUT2D eigenvalue weighted by Crippen LogP contribution is -2.46. The summed E-state index contributed by atoms with van der Waals surface area (Å²) in [6.07, 6.45) is 0. The van der Waals surface area contributed by atoms with Gasteiger partial charge in [0.05, 0.1) is 25.8 Å². The summed E-state index contributed by atoms with van der Waals surface area (Å²) >= 11 is 6.42. The van der Waals surface area contributed by atoms with E-state index < -0.39 is 0 Å². The lowest BCUT2D eigenvalue weighted by molar-refractivity contribution is 0.108. The maximum atomic E-state index is 8.96. The van der Waals surface area contributed by atoms with Crippen LogP contribution in [-0.2, 0) is 6.54 Å². The van der Waals surface area contributed by atoms with E-state index in [2.05, 4.69) is 9.80 Å². The van der Waals surface area contributed by atoms with Gasteiger partial charge in [-0.25, -0.2) is 0 Å². The number of rotatable bonds is 6. The molecule has 5 nitrogen and oxygen atoms in total. The fourth-order valence-electron chi connectivity index (χ4n) is 2.61. The Kier molecular flexibility index (Phi) is 6.11. The quantitative estimate of drug-likeness (QED) is 0.861. The SMILES string of the molecule is COc1ccc(CN2CCN(CCO)CC2)c(Cl)c1OC. The van der Waals surface area contributed by atoms with Gasteiger partial charge in [0, 0.05) is 39.3 Å². The van der Waals surface area contributed by atoms with Gasteiger partial charge < -0.3 is 14.6 Å². The highest BCUT2D eigenvalue weighted by molar-refractivity contribution is 6.33. The Bertz CT molecular complexity index is 462. The van der Waals surface area contributed by atoms with Crippen molar-refractivity contribution in [2.24, 2.45) is 0 Å². The number of aliphatic hydroxyl groups is 1. The second-order valence-electron chi connectivity index (χ2n) is 5.12. The molecule has 2 rings (SSSR count). The number of β-amino-alcohol motifs (C(OH)–C–C–N with tert-alkyl or cyclic N) is 1. The molecule has 0 atom stereocenters. The van der Waals surface area contributed by atoms with E-state index >= 15 is 0 Å². The van der Waals surface area contributed by atoms with Crippen LogP contribution in [0.25, 0.3) is 0 Å². The number of ether oxygens (including phenoxy) is 2. The van der Waals surface area contributed by atoms with Crippen molar-refractivity contribution >= 4 is 11.6 Å². The number of piperazine rings is 1. The summed E-state index contributed by atoms with van der Waals surface area (Å²) in [5.41, 5.74) is 1.05. The van der Waals surface area contributed by atoms with E-state index in [9.17, 15) is 0 Å². The predicted octanol–water partition coefficient (Wildman–Crippen LogP) is 1.47. The highest BCUT2D eigenvalue weighted by atomic mass is 35.5. The van der Waals surface area contributed by atoms with Crippen molar-refractivity contribution in [1.82, 2.24) is 9.80 Å². The average Bonchev–Trinajstić information content (AvgIpc) is 2.51. The third-order valence-electron chi connectivity index (χ3n) is 3.84. The van der Waals surface area contributed by atoms with E-state index in [1.54, 1.807) is 14.2 Å². The molecule has 118 valence electrons. The van der Waals surface area contributed by atoms with Gasteiger partial charge in [0.1, 0.15) is 0 Å². The number of hydrogen-bond donors (Lipinski definition) is 1. The summed E-state index contributed by atoms with van der Waals surface area (Å²) in [6.45, 7) is 5.69. The molecule has 0 aromatic heterocycles. The molecule has 21 heavy (non-hydrogen) atoms. The van der Waals surface area contributed by atoms with Crippen LogP contribution in [0.5, 0.6) is 11.5 Å². The number of halogens is 1. The molecule has 0 aliphatic carbocycles. The molecule has 6 heteroatoms. The molecule has 1 heterocycles. The molecule has 0 saturated carbocycles. The topological polar surface area (TPSA) is 45.2 Å². The average molecular weight is 315 g/mol. The van der Waals surface area contributed by atoms with Crippen LogP contribution >= 0.6 is 11.6 Å². The first-order valence-electron chi connectivity index (χ1n) is 7.14. The Morgan fingerprint density at radius 1 is 1.10 bits per heavy atom. The van der Waals surface area contributed by atoms with E-state index in [0.717, 1.165) is 44.8 Å². The summed E-state index contributed by atoms with van der Waals surface area (Å²) < 4.78 is 10.6. The van der Waals surface area contributed by atoms with E-state index in [1.807, 2.05) is 12.1 Å². The van der Waals surface area contributed by atoms with Gasteiger partial charge in [0.2, 0.25) is 0 Å². The minimum atomic E-state index is 0.224. The Morgan fingerprint density at radius 2 is 1.76 bits per heavy atom. The third-order valence-corrected chi connectivity index (χ3v) is 4.25. The molecule has 1 aliphatic heterocycles. The first kappa shape index (κ1) is 16.4. The van der Waals surface area contributed by atoms with Gasteiger partial charge >= 0.3 is 0 Å². The molecule has 0 amide bonds. The van der Waals surface area contributed by atoms with Crippen LogP contribution in [0.15, 0.2) is 12.1 Å². The Morgan fingerprint density at radius 3 is 2.33 bits per heavy atom. The smallest absolute Gasteiger partial charge is 0.179 e. The van der Waals surface area contributed by atoms with E-state index in [0.29, 0.717) is 16.5 Å². The van der Waals surface area contributed by atoms with Crippen molar-refractivity contribution in [3.63, 3.8) is 0 Å². The molecule has 1 N–H and O–H groups in total. The first-order chi connectivity index (χ1) is 10.2. The molecular formula is C15H23ClN2O3. The van der Waals surface area contributed by atoms with Crippen molar-refractivity contribution in [2.45, 2.75) is 6.54 Å². The minimum absolute atomic E-state index is 0.224. The molecule has 0 bridgehead atoms. The fourth-order valence-corrected chi connectivity index (χ4v) is 2.90. The molecule has 1 aliphatic rings. The van der Waals surface area contributed by atoms with Crippen LogP contribution in [0.1, 0.15) is 5.56 Å². The standard InChI is InChI=1S/C15H23ClN2O3/c1-20-13-4-3-12(14(16)15(13)21-2)11-18-7-5-17(6-8-18)9-10-19/h3-4,19H,5-11H2,1-2H3. The van der Waals surface area contributed by atoms with Crippen molar-refractivity contribution in [3.8, 4) is 11.5 Å². The highest BCUT2D eigenvalue weighted by Crippen LogP contribution is 2.37. The lowest BCUT2D eigenvalue weighted by Gasteiger charge is -2.34. The zero-order valence-electron chi connectivity index (χ0n) is 12.6. The molecule has 1 fully saturated rings. The largest absolute Gasteiger partial charge is 0.493 e. The Hall–Kier alpha value is -1.01. The monoisotopic (exact) mass is 314 g/mol. The van der Waals surface area contributed by atoms with E-state index in [4.69, 9.17) is 26.2 Å². The van der Waals surface area contributed by atoms with Crippen LogP contribution in [0.4, 0.5) is 0 Å². The Balaban J connectivity index is 2.01. The van der Waals surface area contributed by atoms with Gasteiger partial charge in [-0.1, -0.05) is 17.7 Å². The lowest BCUT2D eigenvalue weighted by atomic mass is 10.1. The van der Waals surface area contributed by atoms with Crippen LogP contribution in [0.2, 0.25) is 5.02 Å². The highest BCUT2D eigenvalue weighted by Gasteiger charge is 2.19. The van der Waals surface area contributed by atoms with Crippen molar-refractivity contribution in [2.75, 3.05) is 53.6 Å². The number of hydrogen-bond acceptors (Lipinski definition) is 5. The summed E-state index contributed by atoms with van der Waals surface area (Å²) in [6, 6.07) is 3.88. The number of nitrogens with zero attached hydrogens (tertiary/aromatic N) is 2. The molecule has 0 unspecified atom stereocenters. The van der Waals surface area contributed by atoms with Crippen molar-refractivity contribution in [1.29, 1.82) is 0 Å². The molecule has 1 aromatic carbocycles. The molecule has 0 radical (unpaired) electrons. The van der Waals surface area contributed by atoms with Crippen LogP contribution in [0, 0.1) is 0 Å². The van der Waals surface area contributed by atoms with Gasteiger partial charge in [-0.05, 0) is 11.6 Å². The van der Waals surface area contributed by atoms with Gasteiger partial charge in [-0.15, -0.1) is 0 Å². The normalized spacial score (nSPS) is 17.0. The van der Waals surface area contributed by atoms with Crippen molar-refractivity contribution in [3.05, 3.63) is 22.7 Å². The van der Waals surface area contributed by atoms with E-state index in [-0.39, 0.29) is 6.61 Å². The third kappa shape index (κ3) is 4.01. The van der Waals surface area contributed by atoms with Gasteiger partial charge in [0.25, 0.3) is 0 Å². The van der Waals surface area contributed by atoms with Crippen LogP contribution < -0.4 is 9.47 Å². The molecule has 1 aromatic rings. The first-order valence-corrected chi connectivity index (χ1v) is 7.52. The maximum Gasteiger partial charge on any atom is 0.179 e. The zero-order valence-corrected chi connectivity index (χ0v) is 13.4. The molecule has 0 spiro atoms. The van der Waals surface area contributed by atoms with Gasteiger partial charge in [0.15, 0.2) is 11.5 Å². The second-order valence-corrected chi connectivity index (χ2v) is 5.49. The summed E-state index contributed by atoms with van der Waals surface area (Å²) in [7, 11) is 3.20. The number of benzene rings is 1. The summed E-state index contributed by atoms with van der Waals surface area (Å²) in [5, 5.41) is 9.58. The zero-order chi connectivity index (χ0) is 15.2. The number of aliphatic hydroxyl groups excluding tert-OH is 1. The van der Waals surface area contributed by atoms with E-state index in [1.165, 1.54) is 0 Å². The van der Waals surface area contributed by atoms with Crippen molar-refractivity contribution < 1.29 is 14.6 Å². The van der Waals surface area contributed by atoms with Crippen LogP contribution in [-0.4, -0.2) is 68.5 Å². The molecular weight excluding hydrogens is 292 g/mol. The minimum Gasteiger partial charge on any atom is -0.493 e. The molecule has 1 saturated heterocycles.